The third-order valence-electron chi connectivity index (χ3n) is 1.43. The second-order valence-corrected chi connectivity index (χ2v) is 3.29. The Hall–Kier alpha value is -0.450. The first-order chi connectivity index (χ1) is 4.84. The molecule has 0 aromatic heterocycles. The molecular formula is C7H17N3O. The van der Waals surface area contributed by atoms with Crippen LogP contribution < -0.4 is 17.2 Å². The summed E-state index contributed by atoms with van der Waals surface area (Å²) in [6.07, 6.45) is 1.15. The molecule has 66 valence electrons. The minimum atomic E-state index is -1.64. The van der Waals surface area contributed by atoms with Crippen LogP contribution in [0.15, 0.2) is 0 Å². The van der Waals surface area contributed by atoms with Crippen molar-refractivity contribution < 1.29 is 4.79 Å². The Morgan fingerprint density at radius 1 is 1.36 bits per heavy atom. The van der Waals surface area contributed by atoms with Gasteiger partial charge in [0.25, 0.3) is 0 Å². The second-order valence-electron chi connectivity index (χ2n) is 3.29. The van der Waals surface area contributed by atoms with Crippen molar-refractivity contribution in [3.8, 4) is 0 Å². The molecule has 0 atom stereocenters. The summed E-state index contributed by atoms with van der Waals surface area (Å²) in [7, 11) is 0. The highest BCUT2D eigenvalue weighted by atomic mass is 16.1. The first-order valence-electron chi connectivity index (χ1n) is 3.74. The fourth-order valence-electron chi connectivity index (χ4n) is 0.636. The van der Waals surface area contributed by atoms with E-state index < -0.39 is 5.79 Å². The third-order valence-corrected chi connectivity index (χ3v) is 1.43. The summed E-state index contributed by atoms with van der Waals surface area (Å²) in [5.74, 6) is -1.46. The van der Waals surface area contributed by atoms with Crippen LogP contribution in [0.3, 0.4) is 0 Å². The molecule has 0 aromatic carbocycles. The Kier molecular flexibility index (Phi) is 3.65. The average Bonchev–Trinajstić information content (AvgIpc) is 1.80. The zero-order valence-corrected chi connectivity index (χ0v) is 7.13. The number of Topliss-reactive ketones (excluding diaryl/α,β-unsaturated/α-hetero) is 1. The van der Waals surface area contributed by atoms with Crippen LogP contribution in [0.4, 0.5) is 0 Å². The van der Waals surface area contributed by atoms with Gasteiger partial charge in [-0.15, -0.1) is 0 Å². The van der Waals surface area contributed by atoms with Crippen molar-refractivity contribution in [2.24, 2.45) is 23.1 Å². The van der Waals surface area contributed by atoms with Crippen LogP contribution in [-0.2, 0) is 4.79 Å². The first-order valence-corrected chi connectivity index (χ1v) is 3.74. The van der Waals surface area contributed by atoms with E-state index in [1.165, 1.54) is 0 Å². The predicted molar refractivity (Wildman–Crippen MR) is 44.4 cm³/mol. The van der Waals surface area contributed by atoms with E-state index in [2.05, 4.69) is 0 Å². The zero-order chi connectivity index (χ0) is 9.07. The summed E-state index contributed by atoms with van der Waals surface area (Å²) in [5, 5.41) is 0. The summed E-state index contributed by atoms with van der Waals surface area (Å²) in [4.78, 5) is 11.0. The van der Waals surface area contributed by atoms with Gasteiger partial charge in [0, 0.05) is 6.42 Å². The van der Waals surface area contributed by atoms with Crippen molar-refractivity contribution in [2.45, 2.75) is 32.5 Å². The van der Waals surface area contributed by atoms with Crippen LogP contribution in [0.1, 0.15) is 26.7 Å². The Balaban J connectivity index is 3.71. The maximum absolute atomic E-state index is 11.0. The minimum Gasteiger partial charge on any atom is -0.295 e. The maximum Gasteiger partial charge on any atom is 0.182 e. The number of hydrogen-bond acceptors (Lipinski definition) is 4. The molecule has 0 heterocycles. The van der Waals surface area contributed by atoms with E-state index in [1.54, 1.807) is 0 Å². The summed E-state index contributed by atoms with van der Waals surface area (Å²) < 4.78 is 0. The van der Waals surface area contributed by atoms with E-state index in [4.69, 9.17) is 17.2 Å². The molecule has 0 radical (unpaired) electrons. The van der Waals surface area contributed by atoms with Crippen molar-refractivity contribution in [3.63, 3.8) is 0 Å². The van der Waals surface area contributed by atoms with E-state index in [0.717, 1.165) is 6.42 Å². The Labute approximate surface area is 67.1 Å². The summed E-state index contributed by atoms with van der Waals surface area (Å²) in [6, 6.07) is 0. The van der Waals surface area contributed by atoms with Gasteiger partial charge in [-0.2, -0.15) is 0 Å². The maximum atomic E-state index is 11.0. The molecule has 0 unspecified atom stereocenters. The molecule has 0 fully saturated rings. The third kappa shape index (κ3) is 4.89. The van der Waals surface area contributed by atoms with Gasteiger partial charge in [-0.3, -0.25) is 22.0 Å². The molecule has 0 rings (SSSR count). The van der Waals surface area contributed by atoms with Gasteiger partial charge in [-0.05, 0) is 12.3 Å². The quantitative estimate of drug-likeness (QED) is 0.483. The lowest BCUT2D eigenvalue weighted by molar-refractivity contribution is -0.124. The zero-order valence-electron chi connectivity index (χ0n) is 7.13. The molecule has 0 aromatic rings. The largest absolute Gasteiger partial charge is 0.295 e. The Morgan fingerprint density at radius 3 is 2.09 bits per heavy atom. The van der Waals surface area contributed by atoms with E-state index in [1.807, 2.05) is 13.8 Å². The van der Waals surface area contributed by atoms with Crippen LogP contribution in [0.2, 0.25) is 0 Å². The Bertz CT molecular complexity index is 137. The molecule has 0 saturated heterocycles. The van der Waals surface area contributed by atoms with Gasteiger partial charge in [0.2, 0.25) is 0 Å². The van der Waals surface area contributed by atoms with E-state index in [-0.39, 0.29) is 5.78 Å². The van der Waals surface area contributed by atoms with Gasteiger partial charge >= 0.3 is 0 Å². The number of hydrogen-bond donors (Lipinski definition) is 3. The molecule has 0 saturated carbocycles. The van der Waals surface area contributed by atoms with Crippen molar-refractivity contribution in [3.05, 3.63) is 0 Å². The van der Waals surface area contributed by atoms with Crippen LogP contribution in [0, 0.1) is 5.92 Å². The molecule has 11 heavy (non-hydrogen) atoms. The normalized spacial score (nSPS) is 12.2. The fraction of sp³-hybridized carbons (Fsp3) is 0.857. The smallest absolute Gasteiger partial charge is 0.182 e. The number of carbonyl (C=O) groups is 1. The topological polar surface area (TPSA) is 95.1 Å². The molecule has 4 heteroatoms. The first kappa shape index (κ1) is 10.6. The summed E-state index contributed by atoms with van der Waals surface area (Å²) in [5.41, 5.74) is 15.5. The van der Waals surface area contributed by atoms with Crippen LogP contribution in [0.5, 0.6) is 0 Å². The number of rotatable bonds is 4. The lowest BCUT2D eigenvalue weighted by atomic mass is 10.0. The lowest BCUT2D eigenvalue weighted by Gasteiger charge is -2.16. The molecule has 0 spiro atoms. The van der Waals surface area contributed by atoms with Crippen molar-refractivity contribution in [1.29, 1.82) is 0 Å². The fourth-order valence-corrected chi connectivity index (χ4v) is 0.636. The molecule has 0 aliphatic heterocycles. The highest BCUT2D eigenvalue weighted by molar-refractivity contribution is 5.86. The standard InChI is InChI=1S/C7H17N3O/c1-5(2)3-4-6(11)7(8,9)10/h5H,3-4,8-10H2,1-2H3. The van der Waals surface area contributed by atoms with Gasteiger partial charge in [-0.1, -0.05) is 13.8 Å². The number of ketones is 1. The summed E-state index contributed by atoms with van der Waals surface area (Å²) in [6.45, 7) is 4.05. The second kappa shape index (κ2) is 3.80. The molecule has 0 bridgehead atoms. The number of carbonyl (C=O) groups excluding carboxylic acids is 1. The number of nitrogens with two attached hydrogens (primary N) is 3. The van der Waals surface area contributed by atoms with E-state index in [0.29, 0.717) is 12.3 Å². The van der Waals surface area contributed by atoms with Gasteiger partial charge in [0.05, 0.1) is 0 Å². The van der Waals surface area contributed by atoms with E-state index in [9.17, 15) is 4.79 Å². The van der Waals surface area contributed by atoms with Crippen LogP contribution in [0.25, 0.3) is 0 Å². The summed E-state index contributed by atoms with van der Waals surface area (Å²) >= 11 is 0. The SMILES string of the molecule is CC(C)CCC(=O)C(N)(N)N. The monoisotopic (exact) mass is 159 g/mol. The van der Waals surface area contributed by atoms with Gasteiger partial charge in [0.15, 0.2) is 11.6 Å². The van der Waals surface area contributed by atoms with Crippen LogP contribution >= 0.6 is 0 Å². The molecule has 0 amide bonds. The van der Waals surface area contributed by atoms with Gasteiger partial charge in [0.1, 0.15) is 0 Å². The van der Waals surface area contributed by atoms with Crippen molar-refractivity contribution in [1.82, 2.24) is 0 Å². The highest BCUT2D eigenvalue weighted by Crippen LogP contribution is 2.05. The van der Waals surface area contributed by atoms with Gasteiger partial charge in [-0.25, -0.2) is 0 Å². The lowest BCUT2D eigenvalue weighted by Crippen LogP contribution is -2.64. The highest BCUT2D eigenvalue weighted by Gasteiger charge is 2.22. The minimum absolute atomic E-state index is 0.286. The van der Waals surface area contributed by atoms with Gasteiger partial charge < -0.3 is 0 Å². The Morgan fingerprint density at radius 2 is 1.82 bits per heavy atom. The molecule has 0 aliphatic rings. The predicted octanol–water partition coefficient (Wildman–Crippen LogP) is -0.478. The van der Waals surface area contributed by atoms with Crippen molar-refractivity contribution in [2.75, 3.05) is 0 Å². The van der Waals surface area contributed by atoms with Crippen molar-refractivity contribution >= 4 is 5.78 Å². The molecular weight excluding hydrogens is 142 g/mol. The van der Waals surface area contributed by atoms with Crippen LogP contribution in [-0.4, -0.2) is 11.6 Å². The molecule has 0 aliphatic carbocycles. The average molecular weight is 159 g/mol. The molecule has 4 nitrogen and oxygen atoms in total. The van der Waals surface area contributed by atoms with E-state index >= 15 is 0 Å². The molecule has 6 N–H and O–H groups in total.